The third kappa shape index (κ3) is 5.99. The van der Waals surface area contributed by atoms with E-state index < -0.39 is 5.97 Å². The van der Waals surface area contributed by atoms with Gasteiger partial charge in [0, 0.05) is 33.7 Å². The Kier molecular flexibility index (Phi) is 8.00. The average Bonchev–Trinajstić information content (AvgIpc) is 3.55. The van der Waals surface area contributed by atoms with E-state index >= 15 is 0 Å². The highest BCUT2D eigenvalue weighted by molar-refractivity contribution is 7.13. The highest BCUT2D eigenvalue weighted by Gasteiger charge is 2.21. The van der Waals surface area contributed by atoms with Gasteiger partial charge in [0.2, 0.25) is 0 Å². The Morgan fingerprint density at radius 1 is 1.14 bits per heavy atom. The molecule has 1 unspecified atom stereocenters. The molecule has 0 radical (unpaired) electrons. The summed E-state index contributed by atoms with van der Waals surface area (Å²) in [6.07, 6.45) is 6.58. The minimum absolute atomic E-state index is 0.143. The lowest BCUT2D eigenvalue weighted by Gasteiger charge is -2.20. The van der Waals surface area contributed by atoms with Crippen LogP contribution < -0.4 is 9.47 Å². The van der Waals surface area contributed by atoms with Crippen molar-refractivity contribution in [2.24, 2.45) is 0 Å². The van der Waals surface area contributed by atoms with Crippen LogP contribution in [-0.4, -0.2) is 55.1 Å². The van der Waals surface area contributed by atoms with E-state index in [0.717, 1.165) is 29.0 Å². The summed E-state index contributed by atoms with van der Waals surface area (Å²) in [5.74, 6) is 0.139. The van der Waals surface area contributed by atoms with E-state index in [2.05, 4.69) is 11.9 Å². The highest BCUT2D eigenvalue weighted by atomic mass is 32.1. The molecule has 0 bridgehead atoms. The number of aromatic carboxylic acids is 1. The van der Waals surface area contributed by atoms with Crippen molar-refractivity contribution in [2.45, 2.75) is 25.3 Å². The van der Waals surface area contributed by atoms with E-state index in [1.165, 1.54) is 43.2 Å². The number of likely N-dealkylation sites (tertiary alicyclic amines) is 1. The third-order valence-corrected chi connectivity index (χ3v) is 7.23. The lowest BCUT2D eigenvalue weighted by Crippen LogP contribution is -2.26. The number of hydrogen-bond acceptors (Lipinski definition) is 6. The first kappa shape index (κ1) is 24.7. The van der Waals surface area contributed by atoms with Crippen LogP contribution in [0.5, 0.6) is 11.5 Å². The molecule has 0 aliphatic carbocycles. The number of methoxy groups -OCH3 is 1. The Bertz CT molecular complexity index is 1200. The van der Waals surface area contributed by atoms with Gasteiger partial charge >= 0.3 is 5.97 Å². The van der Waals surface area contributed by atoms with Crippen molar-refractivity contribution in [2.75, 3.05) is 27.3 Å². The Morgan fingerprint density at radius 3 is 2.54 bits per heavy atom. The quantitative estimate of drug-likeness (QED) is 0.282. The van der Waals surface area contributed by atoms with Crippen LogP contribution in [0, 0.1) is 0 Å². The number of carbonyl (C=O) groups is 2. The fourth-order valence-electron chi connectivity index (χ4n) is 4.31. The van der Waals surface area contributed by atoms with E-state index in [0.29, 0.717) is 29.7 Å². The normalized spacial score (nSPS) is 16.0. The maximum absolute atomic E-state index is 12.8. The maximum Gasteiger partial charge on any atom is 0.335 e. The van der Waals surface area contributed by atoms with Gasteiger partial charge in [0.1, 0.15) is 11.5 Å². The van der Waals surface area contributed by atoms with Crippen molar-refractivity contribution < 1.29 is 24.2 Å². The SMILES string of the molecule is COc1cc(OCCC2CCCN2C)c(/C=C/C(=O)c2ccc(C(=O)O)cc2)cc1-c1cccs1. The molecular weight excluding hydrogens is 462 g/mol. The minimum Gasteiger partial charge on any atom is -0.496 e. The zero-order valence-corrected chi connectivity index (χ0v) is 20.7. The first-order valence-electron chi connectivity index (χ1n) is 11.6. The summed E-state index contributed by atoms with van der Waals surface area (Å²) in [6, 6.07) is 14.3. The summed E-state index contributed by atoms with van der Waals surface area (Å²) in [6.45, 7) is 1.69. The lowest BCUT2D eigenvalue weighted by molar-refractivity contribution is 0.0696. The Labute approximate surface area is 209 Å². The van der Waals surface area contributed by atoms with Gasteiger partial charge in [-0.1, -0.05) is 18.2 Å². The molecule has 4 rings (SSSR count). The van der Waals surface area contributed by atoms with Crippen LogP contribution in [0.3, 0.4) is 0 Å². The average molecular weight is 492 g/mol. The maximum atomic E-state index is 12.8. The van der Waals surface area contributed by atoms with Gasteiger partial charge in [-0.15, -0.1) is 11.3 Å². The van der Waals surface area contributed by atoms with E-state index in [9.17, 15) is 9.59 Å². The molecule has 1 fully saturated rings. The number of ether oxygens (including phenoxy) is 2. The van der Waals surface area contributed by atoms with Crippen LogP contribution in [0.4, 0.5) is 0 Å². The van der Waals surface area contributed by atoms with Gasteiger partial charge in [-0.3, -0.25) is 4.79 Å². The van der Waals surface area contributed by atoms with E-state index in [1.54, 1.807) is 24.5 Å². The summed E-state index contributed by atoms with van der Waals surface area (Å²) in [5.41, 5.74) is 2.28. The molecule has 6 nitrogen and oxygen atoms in total. The van der Waals surface area contributed by atoms with E-state index in [-0.39, 0.29) is 11.3 Å². The molecule has 0 spiro atoms. The van der Waals surface area contributed by atoms with Gasteiger partial charge in [0.25, 0.3) is 0 Å². The molecular formula is C28H29NO5S. The van der Waals surface area contributed by atoms with Crippen molar-refractivity contribution in [1.82, 2.24) is 4.90 Å². The molecule has 1 aliphatic heterocycles. The van der Waals surface area contributed by atoms with Gasteiger partial charge in [0.15, 0.2) is 5.78 Å². The number of hydrogen-bond donors (Lipinski definition) is 1. The number of carbonyl (C=O) groups excluding carboxylic acids is 1. The fraction of sp³-hybridized carbons (Fsp3) is 0.286. The van der Waals surface area contributed by atoms with Gasteiger partial charge in [-0.2, -0.15) is 0 Å². The molecule has 0 saturated carbocycles. The molecule has 1 atom stereocenters. The second-order valence-corrected chi connectivity index (χ2v) is 9.51. The van der Waals surface area contributed by atoms with Crippen LogP contribution in [0.2, 0.25) is 0 Å². The minimum atomic E-state index is -1.02. The molecule has 2 heterocycles. The Morgan fingerprint density at radius 2 is 1.91 bits per heavy atom. The molecule has 7 heteroatoms. The largest absolute Gasteiger partial charge is 0.496 e. The first-order valence-corrected chi connectivity index (χ1v) is 12.5. The molecule has 2 aromatic carbocycles. The number of carboxylic acids is 1. The van der Waals surface area contributed by atoms with Crippen LogP contribution in [-0.2, 0) is 0 Å². The predicted molar refractivity (Wildman–Crippen MR) is 139 cm³/mol. The third-order valence-electron chi connectivity index (χ3n) is 6.33. The van der Waals surface area contributed by atoms with Crippen molar-refractivity contribution >= 4 is 29.2 Å². The van der Waals surface area contributed by atoms with E-state index in [4.69, 9.17) is 14.6 Å². The summed E-state index contributed by atoms with van der Waals surface area (Å²) in [4.78, 5) is 27.3. The van der Waals surface area contributed by atoms with Gasteiger partial charge < -0.3 is 19.5 Å². The molecule has 1 saturated heterocycles. The van der Waals surface area contributed by atoms with Crippen LogP contribution in [0.15, 0.2) is 60.0 Å². The number of benzene rings is 2. The second-order valence-electron chi connectivity index (χ2n) is 8.56. The predicted octanol–water partition coefficient (Wildman–Crippen LogP) is 5.88. The van der Waals surface area contributed by atoms with E-state index in [1.807, 2.05) is 29.6 Å². The number of allylic oxidation sites excluding steroid dienone is 1. The molecule has 182 valence electrons. The van der Waals surface area contributed by atoms with Crippen LogP contribution in [0.1, 0.15) is 45.5 Å². The standard InChI is InChI=1S/C28H29NO5S/c1-29-14-3-5-22(29)13-15-34-25-18-26(33-2)23(27-6-4-16-35-27)17-21(25)11-12-24(30)19-7-9-20(10-8-19)28(31)32/h4,6-12,16-18,22H,3,5,13-15H2,1-2H3,(H,31,32)/b12-11+. The van der Waals surface area contributed by atoms with Gasteiger partial charge in [0.05, 0.1) is 19.3 Å². The fourth-order valence-corrected chi connectivity index (χ4v) is 5.06. The monoisotopic (exact) mass is 491 g/mol. The van der Waals surface area contributed by atoms with Gasteiger partial charge in [-0.05, 0) is 74.7 Å². The summed E-state index contributed by atoms with van der Waals surface area (Å²) >= 11 is 1.61. The molecule has 3 aromatic rings. The Balaban J connectivity index is 1.59. The van der Waals surface area contributed by atoms with Crippen LogP contribution >= 0.6 is 11.3 Å². The second kappa shape index (κ2) is 11.3. The zero-order valence-electron chi connectivity index (χ0n) is 19.9. The number of ketones is 1. The lowest BCUT2D eigenvalue weighted by atomic mass is 10.0. The van der Waals surface area contributed by atoms with Crippen molar-refractivity contribution in [3.05, 3.63) is 76.7 Å². The summed E-state index contributed by atoms with van der Waals surface area (Å²) < 4.78 is 11.9. The zero-order chi connectivity index (χ0) is 24.8. The number of thiophene rings is 1. The Hall–Kier alpha value is -3.42. The summed E-state index contributed by atoms with van der Waals surface area (Å²) in [5, 5.41) is 11.1. The molecule has 1 aliphatic rings. The number of nitrogens with zero attached hydrogens (tertiary/aromatic N) is 1. The topological polar surface area (TPSA) is 76.1 Å². The molecule has 1 N–H and O–H groups in total. The van der Waals surface area contributed by atoms with Crippen LogP contribution in [0.25, 0.3) is 16.5 Å². The first-order chi connectivity index (χ1) is 17.0. The molecule has 1 aromatic heterocycles. The highest BCUT2D eigenvalue weighted by Crippen LogP contribution is 2.39. The van der Waals surface area contributed by atoms with Crippen molar-refractivity contribution in [1.29, 1.82) is 0 Å². The molecule has 0 amide bonds. The van der Waals surface area contributed by atoms with Crippen molar-refractivity contribution in [3.63, 3.8) is 0 Å². The molecule has 35 heavy (non-hydrogen) atoms. The number of carboxylic acid groups (broad SMARTS) is 1. The number of rotatable bonds is 10. The van der Waals surface area contributed by atoms with Gasteiger partial charge in [-0.25, -0.2) is 4.79 Å². The summed E-state index contributed by atoms with van der Waals surface area (Å²) in [7, 11) is 3.79. The smallest absolute Gasteiger partial charge is 0.335 e. The van der Waals surface area contributed by atoms with Crippen molar-refractivity contribution in [3.8, 4) is 21.9 Å².